The maximum atomic E-state index is 11.9. The second kappa shape index (κ2) is 7.36. The largest absolute Gasteiger partial charge is 0.355 e. The molecule has 3 rings (SSSR count). The highest BCUT2D eigenvalue weighted by Crippen LogP contribution is 2.07. The number of H-pyrrole nitrogens is 1. The highest BCUT2D eigenvalue weighted by atomic mass is 16.1. The third-order valence-electron chi connectivity index (χ3n) is 3.45. The predicted octanol–water partition coefficient (Wildman–Crippen LogP) is 1.44. The number of hydrogen-bond donors (Lipinski definition) is 3. The monoisotopic (exact) mass is 323 g/mol. The molecule has 2 aromatic heterocycles. The molecule has 0 aliphatic rings. The molecule has 0 unspecified atom stereocenters. The Bertz CT molecular complexity index is 892. The zero-order valence-corrected chi connectivity index (χ0v) is 13.0. The minimum atomic E-state index is -0.206. The zero-order chi connectivity index (χ0) is 16.8. The van der Waals surface area contributed by atoms with Gasteiger partial charge in [-0.2, -0.15) is 0 Å². The van der Waals surface area contributed by atoms with Crippen LogP contribution in [0.25, 0.3) is 10.9 Å². The zero-order valence-electron chi connectivity index (χ0n) is 13.0. The topological polar surface area (TPSA) is 99.8 Å². The fourth-order valence-electron chi connectivity index (χ4n) is 2.24. The van der Waals surface area contributed by atoms with Gasteiger partial charge in [-0.05, 0) is 24.3 Å². The molecule has 0 fully saturated rings. The van der Waals surface area contributed by atoms with Crippen molar-refractivity contribution in [3.63, 3.8) is 0 Å². The molecule has 0 radical (unpaired) electrons. The van der Waals surface area contributed by atoms with Crippen molar-refractivity contribution in [1.82, 2.24) is 20.3 Å². The Morgan fingerprint density at radius 2 is 1.96 bits per heavy atom. The molecule has 24 heavy (non-hydrogen) atoms. The van der Waals surface area contributed by atoms with Gasteiger partial charge in [0.05, 0.1) is 23.1 Å². The summed E-state index contributed by atoms with van der Waals surface area (Å²) >= 11 is 0. The van der Waals surface area contributed by atoms with E-state index in [9.17, 15) is 9.59 Å². The minimum Gasteiger partial charge on any atom is -0.355 e. The normalized spacial score (nSPS) is 10.5. The molecule has 3 aromatic rings. The molecule has 0 aliphatic heterocycles. The summed E-state index contributed by atoms with van der Waals surface area (Å²) in [4.78, 5) is 34.9. The van der Waals surface area contributed by atoms with Gasteiger partial charge < -0.3 is 10.6 Å². The second-order valence-corrected chi connectivity index (χ2v) is 5.21. The molecule has 2 heterocycles. The van der Waals surface area contributed by atoms with E-state index in [-0.39, 0.29) is 17.9 Å². The van der Waals surface area contributed by atoms with Crippen molar-refractivity contribution < 1.29 is 4.79 Å². The lowest BCUT2D eigenvalue weighted by Gasteiger charge is -2.07. The molecule has 1 aromatic carbocycles. The molecule has 0 aliphatic carbocycles. The fourth-order valence-corrected chi connectivity index (χ4v) is 2.24. The molecule has 7 heteroatoms. The van der Waals surface area contributed by atoms with Crippen molar-refractivity contribution in [2.24, 2.45) is 0 Å². The smallest absolute Gasteiger partial charge is 0.260 e. The van der Waals surface area contributed by atoms with Crippen LogP contribution in [0.2, 0.25) is 0 Å². The highest BCUT2D eigenvalue weighted by Gasteiger charge is 2.05. The van der Waals surface area contributed by atoms with Crippen LogP contribution in [0.15, 0.2) is 53.5 Å². The van der Waals surface area contributed by atoms with E-state index in [1.807, 2.05) is 24.3 Å². The van der Waals surface area contributed by atoms with Gasteiger partial charge in [0, 0.05) is 19.2 Å². The van der Waals surface area contributed by atoms with Crippen LogP contribution >= 0.6 is 0 Å². The number of fused-ring (bicyclic) bond motifs is 1. The van der Waals surface area contributed by atoms with Crippen LogP contribution in [0.4, 0.5) is 5.95 Å². The fraction of sp³-hybridized carbons (Fsp3) is 0.176. The van der Waals surface area contributed by atoms with E-state index >= 15 is 0 Å². The number of nitrogens with zero attached hydrogens (tertiary/aromatic N) is 2. The van der Waals surface area contributed by atoms with Crippen molar-refractivity contribution in [2.75, 3.05) is 11.9 Å². The quantitative estimate of drug-likeness (QED) is 0.637. The van der Waals surface area contributed by atoms with Crippen LogP contribution in [-0.2, 0) is 11.3 Å². The Hall–Kier alpha value is -3.22. The van der Waals surface area contributed by atoms with Gasteiger partial charge in [0.25, 0.3) is 5.56 Å². The van der Waals surface area contributed by atoms with Gasteiger partial charge in [0.2, 0.25) is 11.9 Å². The van der Waals surface area contributed by atoms with Gasteiger partial charge in [0.15, 0.2) is 0 Å². The molecule has 3 N–H and O–H groups in total. The van der Waals surface area contributed by atoms with Gasteiger partial charge in [-0.15, -0.1) is 0 Å². The Labute approximate surface area is 138 Å². The Morgan fingerprint density at radius 1 is 1.12 bits per heavy atom. The van der Waals surface area contributed by atoms with Crippen LogP contribution in [0.1, 0.15) is 12.1 Å². The van der Waals surface area contributed by atoms with Crippen LogP contribution in [0, 0.1) is 0 Å². The Kier molecular flexibility index (Phi) is 4.81. The molecule has 0 atom stereocenters. The summed E-state index contributed by atoms with van der Waals surface area (Å²) in [6, 6.07) is 12.7. The summed E-state index contributed by atoms with van der Waals surface area (Å²) in [6.07, 6.45) is 1.95. The molecule has 0 saturated heterocycles. The maximum absolute atomic E-state index is 11.9. The molecule has 0 bridgehead atoms. The number of carbonyl (C=O) groups is 1. The van der Waals surface area contributed by atoms with Gasteiger partial charge in [0.1, 0.15) is 0 Å². The third kappa shape index (κ3) is 3.95. The number of pyridine rings is 1. The van der Waals surface area contributed by atoms with Gasteiger partial charge >= 0.3 is 0 Å². The number of aromatic nitrogens is 3. The van der Waals surface area contributed by atoms with E-state index in [2.05, 4.69) is 25.6 Å². The molecule has 0 spiro atoms. The van der Waals surface area contributed by atoms with Crippen LogP contribution in [0.5, 0.6) is 0 Å². The Morgan fingerprint density at radius 3 is 2.79 bits per heavy atom. The van der Waals surface area contributed by atoms with E-state index < -0.39 is 0 Å². The van der Waals surface area contributed by atoms with E-state index in [0.717, 1.165) is 5.69 Å². The lowest BCUT2D eigenvalue weighted by atomic mass is 10.2. The van der Waals surface area contributed by atoms with E-state index in [4.69, 9.17) is 0 Å². The first-order valence-corrected chi connectivity index (χ1v) is 7.62. The first kappa shape index (κ1) is 15.7. The average molecular weight is 323 g/mol. The van der Waals surface area contributed by atoms with Crippen molar-refractivity contribution in [2.45, 2.75) is 13.0 Å². The van der Waals surface area contributed by atoms with Crippen molar-refractivity contribution >= 4 is 22.8 Å². The SMILES string of the molecule is O=C(CCNc1nc2ccccc2c(=O)[nH]1)NCc1ccccn1. The van der Waals surface area contributed by atoms with Crippen LogP contribution in [-0.4, -0.2) is 27.4 Å². The molecular weight excluding hydrogens is 306 g/mol. The lowest BCUT2D eigenvalue weighted by Crippen LogP contribution is -2.25. The predicted molar refractivity (Wildman–Crippen MR) is 91.6 cm³/mol. The third-order valence-corrected chi connectivity index (χ3v) is 3.45. The van der Waals surface area contributed by atoms with Crippen molar-refractivity contribution in [3.05, 3.63) is 64.7 Å². The van der Waals surface area contributed by atoms with Crippen LogP contribution < -0.4 is 16.2 Å². The molecule has 122 valence electrons. The number of anilines is 1. The summed E-state index contributed by atoms with van der Waals surface area (Å²) < 4.78 is 0. The summed E-state index contributed by atoms with van der Waals surface area (Å²) in [6.45, 7) is 0.764. The van der Waals surface area contributed by atoms with Crippen molar-refractivity contribution in [1.29, 1.82) is 0 Å². The second-order valence-electron chi connectivity index (χ2n) is 5.21. The average Bonchev–Trinajstić information content (AvgIpc) is 2.61. The number of rotatable bonds is 6. The van der Waals surface area contributed by atoms with Crippen LogP contribution in [0.3, 0.4) is 0 Å². The number of carbonyl (C=O) groups excluding carboxylic acids is 1. The van der Waals surface area contributed by atoms with Crippen molar-refractivity contribution in [3.8, 4) is 0 Å². The molecule has 1 amide bonds. The van der Waals surface area contributed by atoms with Gasteiger partial charge in [-0.1, -0.05) is 18.2 Å². The highest BCUT2D eigenvalue weighted by molar-refractivity contribution is 5.78. The van der Waals surface area contributed by atoms with Gasteiger partial charge in [-0.3, -0.25) is 19.6 Å². The maximum Gasteiger partial charge on any atom is 0.260 e. The molecule has 0 saturated carbocycles. The Balaban J connectivity index is 1.51. The van der Waals surface area contributed by atoms with Gasteiger partial charge in [-0.25, -0.2) is 4.98 Å². The summed E-state index contributed by atoms with van der Waals surface area (Å²) in [5.41, 5.74) is 1.21. The molecule has 7 nitrogen and oxygen atoms in total. The lowest BCUT2D eigenvalue weighted by molar-refractivity contribution is -0.121. The van der Waals surface area contributed by atoms with E-state index in [1.165, 1.54) is 0 Å². The van der Waals surface area contributed by atoms with E-state index in [1.54, 1.807) is 24.4 Å². The van der Waals surface area contributed by atoms with E-state index in [0.29, 0.717) is 29.9 Å². The number of benzene rings is 1. The molecular formula is C17H17N5O2. The summed E-state index contributed by atoms with van der Waals surface area (Å²) in [7, 11) is 0. The first-order chi connectivity index (χ1) is 11.7. The number of hydrogen-bond acceptors (Lipinski definition) is 5. The minimum absolute atomic E-state index is 0.101. The number of para-hydroxylation sites is 1. The first-order valence-electron chi connectivity index (χ1n) is 7.62. The number of amides is 1. The number of aromatic amines is 1. The summed E-state index contributed by atoms with van der Waals surface area (Å²) in [5, 5.41) is 6.29. The number of nitrogens with one attached hydrogen (secondary N) is 3. The summed E-state index contributed by atoms with van der Waals surface area (Å²) in [5.74, 6) is 0.257. The standard InChI is InChI=1S/C17H17N5O2/c23-15(20-11-12-5-3-4-9-18-12)8-10-19-17-21-14-7-2-1-6-13(14)16(24)22-17/h1-7,9H,8,10-11H2,(H,20,23)(H2,19,21,22,24).